The van der Waals surface area contributed by atoms with E-state index in [1.165, 1.54) is 0 Å². The third-order valence-corrected chi connectivity index (χ3v) is 2.92. The summed E-state index contributed by atoms with van der Waals surface area (Å²) < 4.78 is 43.1. The number of rotatable bonds is 1. The van der Waals surface area contributed by atoms with Gasteiger partial charge in [0.05, 0.1) is 6.54 Å². The molecule has 1 amide bonds. The molecule has 0 aromatic heterocycles. The van der Waals surface area contributed by atoms with Gasteiger partial charge in [-0.2, -0.15) is 13.2 Å². The summed E-state index contributed by atoms with van der Waals surface area (Å²) in [5, 5.41) is 10.8. The molecule has 0 aromatic rings. The summed E-state index contributed by atoms with van der Waals surface area (Å²) >= 11 is 0. The molecule has 6 nitrogen and oxygen atoms in total. The molecule has 0 spiro atoms. The van der Waals surface area contributed by atoms with Crippen LogP contribution in [0.4, 0.5) is 18.0 Å². The molecule has 0 radical (unpaired) electrons. The van der Waals surface area contributed by atoms with Crippen LogP contribution in [0.25, 0.3) is 0 Å². The van der Waals surface area contributed by atoms with E-state index in [4.69, 9.17) is 4.74 Å². The highest BCUT2D eigenvalue weighted by atomic mass is 19.4. The lowest BCUT2D eigenvalue weighted by molar-refractivity contribution is -0.544. The second-order valence-corrected chi connectivity index (χ2v) is 5.72. The van der Waals surface area contributed by atoms with E-state index in [-0.39, 0.29) is 6.54 Å². The number of hydrogen-bond acceptors (Lipinski definition) is 4. The molecule has 0 aromatic carbocycles. The Labute approximate surface area is 114 Å². The van der Waals surface area contributed by atoms with Gasteiger partial charge in [-0.1, -0.05) is 0 Å². The fourth-order valence-electron chi connectivity index (χ4n) is 2.02. The summed E-state index contributed by atoms with van der Waals surface area (Å²) in [5.74, 6) is -2.03. The standard InChI is InChI=1S/C11H17F3N2O4/c1-10(2,3)20-9(17)15-5-4-7(11(12,13)14)8(6-15)16(18)19/h7-8H,4-6H2,1-3H3. The maximum absolute atomic E-state index is 12.7. The van der Waals surface area contributed by atoms with Crippen molar-refractivity contribution in [2.24, 2.45) is 5.92 Å². The number of alkyl halides is 3. The largest absolute Gasteiger partial charge is 0.444 e. The molecule has 1 saturated heterocycles. The molecule has 2 unspecified atom stereocenters. The lowest BCUT2D eigenvalue weighted by Crippen LogP contribution is -2.54. The highest BCUT2D eigenvalue weighted by Gasteiger charge is 2.53. The van der Waals surface area contributed by atoms with Crippen LogP contribution in [0, 0.1) is 16.0 Å². The average Bonchev–Trinajstić information content (AvgIpc) is 2.24. The number of hydrogen-bond donors (Lipinski definition) is 0. The van der Waals surface area contributed by atoms with Crippen LogP contribution in [0.3, 0.4) is 0 Å². The molecule has 9 heteroatoms. The lowest BCUT2D eigenvalue weighted by atomic mass is 9.91. The zero-order valence-electron chi connectivity index (χ0n) is 11.4. The second kappa shape index (κ2) is 5.45. The van der Waals surface area contributed by atoms with E-state index < -0.39 is 47.7 Å². The molecular formula is C11H17F3N2O4. The Morgan fingerprint density at radius 2 is 1.90 bits per heavy atom. The zero-order chi connectivity index (χ0) is 15.7. The normalized spacial score (nSPS) is 24.4. The van der Waals surface area contributed by atoms with E-state index in [1.54, 1.807) is 20.8 Å². The molecule has 20 heavy (non-hydrogen) atoms. The quantitative estimate of drug-likeness (QED) is 0.550. The zero-order valence-corrected chi connectivity index (χ0v) is 11.4. The Morgan fingerprint density at radius 1 is 1.35 bits per heavy atom. The first-order chi connectivity index (χ1) is 8.92. The minimum Gasteiger partial charge on any atom is -0.444 e. The molecule has 116 valence electrons. The maximum Gasteiger partial charge on any atom is 0.410 e. The molecule has 0 aliphatic carbocycles. The highest BCUT2D eigenvalue weighted by Crippen LogP contribution is 2.35. The van der Waals surface area contributed by atoms with Gasteiger partial charge in [-0.05, 0) is 27.2 Å². The van der Waals surface area contributed by atoms with Gasteiger partial charge in [0.2, 0.25) is 6.04 Å². The number of piperidine rings is 1. The molecule has 2 atom stereocenters. The molecule has 1 aliphatic heterocycles. The van der Waals surface area contributed by atoms with Crippen molar-refractivity contribution in [2.45, 2.75) is 45.0 Å². The monoisotopic (exact) mass is 298 g/mol. The van der Waals surface area contributed by atoms with Crippen molar-refractivity contribution >= 4 is 6.09 Å². The highest BCUT2D eigenvalue weighted by molar-refractivity contribution is 5.68. The van der Waals surface area contributed by atoms with E-state index in [9.17, 15) is 28.1 Å². The van der Waals surface area contributed by atoms with Crippen LogP contribution in [0.5, 0.6) is 0 Å². The molecule has 1 aliphatic rings. The Bertz CT molecular complexity index is 392. The molecule has 1 rings (SSSR count). The SMILES string of the molecule is CC(C)(C)OC(=O)N1CCC(C(F)(F)F)C([N+](=O)[O-])C1. The van der Waals surface area contributed by atoms with Crippen LogP contribution in [-0.4, -0.2) is 46.8 Å². The van der Waals surface area contributed by atoms with Crippen molar-refractivity contribution in [1.29, 1.82) is 0 Å². The number of carbonyl (C=O) groups is 1. The van der Waals surface area contributed by atoms with E-state index in [0.29, 0.717) is 0 Å². The summed E-state index contributed by atoms with van der Waals surface area (Å²) in [4.78, 5) is 22.5. The van der Waals surface area contributed by atoms with Gasteiger partial charge < -0.3 is 9.64 Å². The molecule has 1 heterocycles. The number of carbonyl (C=O) groups excluding carboxylic acids is 1. The van der Waals surface area contributed by atoms with Crippen LogP contribution < -0.4 is 0 Å². The third kappa shape index (κ3) is 4.24. The minimum atomic E-state index is -4.64. The number of amides is 1. The molecule has 1 fully saturated rings. The summed E-state index contributed by atoms with van der Waals surface area (Å²) in [6.07, 6.45) is -5.96. The van der Waals surface area contributed by atoms with Crippen molar-refractivity contribution in [3.8, 4) is 0 Å². The van der Waals surface area contributed by atoms with Gasteiger partial charge in [0.25, 0.3) is 0 Å². The van der Waals surface area contributed by atoms with Gasteiger partial charge in [-0.3, -0.25) is 10.1 Å². The second-order valence-electron chi connectivity index (χ2n) is 5.72. The van der Waals surface area contributed by atoms with Crippen LogP contribution in [0.15, 0.2) is 0 Å². The van der Waals surface area contributed by atoms with Crippen molar-refractivity contribution in [2.75, 3.05) is 13.1 Å². The number of ether oxygens (including phenoxy) is 1. The van der Waals surface area contributed by atoms with Gasteiger partial charge >= 0.3 is 12.3 Å². The smallest absolute Gasteiger partial charge is 0.410 e. The maximum atomic E-state index is 12.7. The molecule has 0 N–H and O–H groups in total. The van der Waals surface area contributed by atoms with Gasteiger partial charge in [-0.25, -0.2) is 4.79 Å². The first-order valence-electron chi connectivity index (χ1n) is 6.10. The Hall–Kier alpha value is -1.54. The lowest BCUT2D eigenvalue weighted by Gasteiger charge is -2.35. The first-order valence-corrected chi connectivity index (χ1v) is 6.10. The predicted molar refractivity (Wildman–Crippen MR) is 62.8 cm³/mol. The number of nitrogens with zero attached hydrogens (tertiary/aromatic N) is 2. The fraction of sp³-hybridized carbons (Fsp3) is 0.909. The third-order valence-electron chi connectivity index (χ3n) is 2.92. The van der Waals surface area contributed by atoms with Crippen LogP contribution in [0.2, 0.25) is 0 Å². The van der Waals surface area contributed by atoms with Gasteiger partial charge in [0.15, 0.2) is 0 Å². The Kier molecular flexibility index (Phi) is 4.50. The Morgan fingerprint density at radius 3 is 2.30 bits per heavy atom. The Balaban J connectivity index is 2.79. The molecule has 0 bridgehead atoms. The summed E-state index contributed by atoms with van der Waals surface area (Å²) in [7, 11) is 0. The van der Waals surface area contributed by atoms with E-state index in [0.717, 1.165) is 4.90 Å². The molecule has 0 saturated carbocycles. The number of nitro groups is 1. The van der Waals surface area contributed by atoms with Crippen LogP contribution >= 0.6 is 0 Å². The summed E-state index contributed by atoms with van der Waals surface area (Å²) in [6.45, 7) is 4.03. The van der Waals surface area contributed by atoms with E-state index >= 15 is 0 Å². The van der Waals surface area contributed by atoms with Gasteiger partial charge in [-0.15, -0.1) is 0 Å². The summed E-state index contributed by atoms with van der Waals surface area (Å²) in [5.41, 5.74) is -0.803. The fourth-order valence-corrected chi connectivity index (χ4v) is 2.02. The van der Waals surface area contributed by atoms with Crippen molar-refractivity contribution in [1.82, 2.24) is 4.90 Å². The van der Waals surface area contributed by atoms with Crippen LogP contribution in [-0.2, 0) is 4.74 Å². The van der Waals surface area contributed by atoms with E-state index in [1.807, 2.05) is 0 Å². The average molecular weight is 298 g/mol. The summed E-state index contributed by atoms with van der Waals surface area (Å²) in [6, 6.07) is -1.85. The van der Waals surface area contributed by atoms with E-state index in [2.05, 4.69) is 0 Å². The van der Waals surface area contributed by atoms with Gasteiger partial charge in [0, 0.05) is 11.5 Å². The topological polar surface area (TPSA) is 72.7 Å². The number of likely N-dealkylation sites (tertiary alicyclic amines) is 1. The van der Waals surface area contributed by atoms with Crippen molar-refractivity contribution in [3.63, 3.8) is 0 Å². The van der Waals surface area contributed by atoms with Gasteiger partial charge in [0.1, 0.15) is 11.5 Å². The number of halogens is 3. The van der Waals surface area contributed by atoms with Crippen LogP contribution in [0.1, 0.15) is 27.2 Å². The molecular weight excluding hydrogens is 281 g/mol. The van der Waals surface area contributed by atoms with Crippen molar-refractivity contribution < 1.29 is 27.6 Å². The predicted octanol–water partition coefficient (Wildman–Crippen LogP) is 2.45. The minimum absolute atomic E-state index is 0.205. The first kappa shape index (κ1) is 16.5. The van der Waals surface area contributed by atoms with Crippen molar-refractivity contribution in [3.05, 3.63) is 10.1 Å².